The monoisotopic (exact) mass is 273 g/mol. The lowest BCUT2D eigenvalue weighted by atomic mass is 10.0. The van der Waals surface area contributed by atoms with Crippen LogP contribution in [-0.4, -0.2) is 16.8 Å². The van der Waals surface area contributed by atoms with E-state index in [1.807, 2.05) is 0 Å². The average molecular weight is 273 g/mol. The van der Waals surface area contributed by atoms with E-state index in [0.717, 1.165) is 0 Å². The van der Waals surface area contributed by atoms with Crippen molar-refractivity contribution >= 4 is 11.8 Å². The number of nitrogens with two attached hydrogens (primary N) is 1. The molecule has 2 amide bonds. The number of carbonyl (C=O) groups excluding carboxylic acids is 2. The third kappa shape index (κ3) is 2.85. The Bertz CT molecular complexity index is 661. The summed E-state index contributed by atoms with van der Waals surface area (Å²) in [5.41, 5.74) is 7.22. The van der Waals surface area contributed by atoms with Gasteiger partial charge in [0.15, 0.2) is 5.89 Å². The first-order valence-electron chi connectivity index (χ1n) is 6.07. The number of carbonyl (C=O) groups is 2. The fourth-order valence-electron chi connectivity index (χ4n) is 1.90. The molecule has 0 atom stereocenters. The van der Waals surface area contributed by atoms with Gasteiger partial charge in [-0.05, 0) is 24.6 Å². The zero-order chi connectivity index (χ0) is 14.7. The van der Waals surface area contributed by atoms with Crippen molar-refractivity contribution in [2.75, 3.05) is 0 Å². The SMILES string of the molecule is Cc1nc(CNC(=O)c2cccc(C(N)=O)c2C)co1. The minimum Gasteiger partial charge on any atom is -0.449 e. The van der Waals surface area contributed by atoms with E-state index in [1.165, 1.54) is 6.26 Å². The molecule has 0 aliphatic heterocycles. The molecule has 0 unspecified atom stereocenters. The maximum absolute atomic E-state index is 12.1. The van der Waals surface area contributed by atoms with Gasteiger partial charge < -0.3 is 15.5 Å². The molecule has 0 spiro atoms. The van der Waals surface area contributed by atoms with Gasteiger partial charge in [0, 0.05) is 18.1 Å². The molecule has 6 nitrogen and oxygen atoms in total. The van der Waals surface area contributed by atoms with Gasteiger partial charge in [0.1, 0.15) is 6.26 Å². The molecule has 0 aliphatic carbocycles. The van der Waals surface area contributed by atoms with Gasteiger partial charge in [-0.1, -0.05) is 6.07 Å². The molecular weight excluding hydrogens is 258 g/mol. The van der Waals surface area contributed by atoms with Crippen molar-refractivity contribution in [1.29, 1.82) is 0 Å². The number of aromatic nitrogens is 1. The molecule has 0 saturated carbocycles. The Balaban J connectivity index is 2.13. The van der Waals surface area contributed by atoms with Crippen molar-refractivity contribution in [3.8, 4) is 0 Å². The number of amides is 2. The first-order valence-corrected chi connectivity index (χ1v) is 6.07. The fraction of sp³-hybridized carbons (Fsp3) is 0.214. The predicted octanol–water partition coefficient (Wildman–Crippen LogP) is 1.32. The van der Waals surface area contributed by atoms with Crippen LogP contribution in [0, 0.1) is 13.8 Å². The topological polar surface area (TPSA) is 98.2 Å². The van der Waals surface area contributed by atoms with E-state index >= 15 is 0 Å². The van der Waals surface area contributed by atoms with Gasteiger partial charge in [-0.3, -0.25) is 9.59 Å². The molecule has 0 fully saturated rings. The highest BCUT2D eigenvalue weighted by Gasteiger charge is 2.14. The number of benzene rings is 1. The number of primary amides is 1. The minimum atomic E-state index is -0.552. The van der Waals surface area contributed by atoms with E-state index in [-0.39, 0.29) is 12.5 Å². The van der Waals surface area contributed by atoms with E-state index < -0.39 is 5.91 Å². The fourth-order valence-corrected chi connectivity index (χ4v) is 1.90. The van der Waals surface area contributed by atoms with Crippen molar-refractivity contribution < 1.29 is 14.0 Å². The third-order valence-corrected chi connectivity index (χ3v) is 2.94. The smallest absolute Gasteiger partial charge is 0.251 e. The lowest BCUT2D eigenvalue weighted by molar-refractivity contribution is 0.0950. The van der Waals surface area contributed by atoms with Crippen LogP contribution >= 0.6 is 0 Å². The Morgan fingerprint density at radius 1 is 1.30 bits per heavy atom. The van der Waals surface area contributed by atoms with Gasteiger partial charge in [-0.2, -0.15) is 0 Å². The van der Waals surface area contributed by atoms with Crippen LogP contribution in [0.25, 0.3) is 0 Å². The summed E-state index contributed by atoms with van der Waals surface area (Å²) in [6.45, 7) is 3.68. The predicted molar refractivity (Wildman–Crippen MR) is 72.1 cm³/mol. The summed E-state index contributed by atoms with van der Waals surface area (Å²) in [7, 11) is 0. The van der Waals surface area contributed by atoms with Crippen LogP contribution in [0.2, 0.25) is 0 Å². The number of rotatable bonds is 4. The van der Waals surface area contributed by atoms with E-state index in [2.05, 4.69) is 10.3 Å². The molecule has 0 bridgehead atoms. The molecule has 104 valence electrons. The summed E-state index contributed by atoms with van der Waals surface area (Å²) in [5, 5.41) is 2.72. The normalized spacial score (nSPS) is 10.3. The van der Waals surface area contributed by atoms with E-state index in [0.29, 0.717) is 28.3 Å². The van der Waals surface area contributed by atoms with Crippen LogP contribution in [0.15, 0.2) is 28.9 Å². The van der Waals surface area contributed by atoms with Crippen molar-refractivity contribution in [1.82, 2.24) is 10.3 Å². The zero-order valence-corrected chi connectivity index (χ0v) is 11.3. The summed E-state index contributed by atoms with van der Waals surface area (Å²) in [6, 6.07) is 4.86. The molecule has 20 heavy (non-hydrogen) atoms. The number of aryl methyl sites for hydroxylation is 1. The van der Waals surface area contributed by atoms with Gasteiger partial charge in [-0.25, -0.2) is 4.98 Å². The number of nitrogens with one attached hydrogen (secondary N) is 1. The van der Waals surface area contributed by atoms with E-state index in [9.17, 15) is 9.59 Å². The largest absolute Gasteiger partial charge is 0.449 e. The second-order valence-corrected chi connectivity index (χ2v) is 4.38. The Morgan fingerprint density at radius 3 is 2.60 bits per heavy atom. The van der Waals surface area contributed by atoms with Gasteiger partial charge >= 0.3 is 0 Å². The van der Waals surface area contributed by atoms with Crippen molar-refractivity contribution in [2.45, 2.75) is 20.4 Å². The maximum Gasteiger partial charge on any atom is 0.251 e. The Morgan fingerprint density at radius 2 is 2.00 bits per heavy atom. The Labute approximate surface area is 116 Å². The molecular formula is C14H15N3O3. The van der Waals surface area contributed by atoms with E-state index in [1.54, 1.807) is 32.0 Å². The second-order valence-electron chi connectivity index (χ2n) is 4.38. The van der Waals surface area contributed by atoms with E-state index in [4.69, 9.17) is 10.2 Å². The highest BCUT2D eigenvalue weighted by atomic mass is 16.3. The second kappa shape index (κ2) is 5.56. The van der Waals surface area contributed by atoms with Gasteiger partial charge in [-0.15, -0.1) is 0 Å². The molecule has 2 rings (SSSR count). The van der Waals surface area contributed by atoms with Gasteiger partial charge in [0.25, 0.3) is 5.91 Å². The van der Waals surface area contributed by atoms with Crippen LogP contribution in [0.3, 0.4) is 0 Å². The highest BCUT2D eigenvalue weighted by Crippen LogP contribution is 2.13. The van der Waals surface area contributed by atoms with Crippen LogP contribution in [0.4, 0.5) is 0 Å². The lowest BCUT2D eigenvalue weighted by Crippen LogP contribution is -2.25. The molecule has 1 heterocycles. The van der Waals surface area contributed by atoms with Crippen LogP contribution in [-0.2, 0) is 6.54 Å². The first kappa shape index (κ1) is 13.8. The Hall–Kier alpha value is -2.63. The first-order chi connectivity index (χ1) is 9.49. The standard InChI is InChI=1S/C14H15N3O3/c1-8-11(13(15)18)4-3-5-12(8)14(19)16-6-10-7-20-9(2)17-10/h3-5,7H,6H2,1-2H3,(H2,15,18)(H,16,19). The third-order valence-electron chi connectivity index (χ3n) is 2.94. The molecule has 2 aromatic rings. The number of hydrogen-bond donors (Lipinski definition) is 2. The van der Waals surface area contributed by atoms with Crippen LogP contribution in [0.5, 0.6) is 0 Å². The lowest BCUT2D eigenvalue weighted by Gasteiger charge is -2.09. The summed E-state index contributed by atoms with van der Waals surface area (Å²) in [6.07, 6.45) is 1.49. The van der Waals surface area contributed by atoms with Crippen LogP contribution in [0.1, 0.15) is 37.9 Å². The minimum absolute atomic E-state index is 0.260. The number of nitrogens with zero attached hydrogens (tertiary/aromatic N) is 1. The zero-order valence-electron chi connectivity index (χ0n) is 11.3. The van der Waals surface area contributed by atoms with Crippen molar-refractivity contribution in [3.63, 3.8) is 0 Å². The Kier molecular flexibility index (Phi) is 3.84. The quantitative estimate of drug-likeness (QED) is 0.877. The summed E-state index contributed by atoms with van der Waals surface area (Å²) in [5.74, 6) is -0.295. The summed E-state index contributed by atoms with van der Waals surface area (Å²) >= 11 is 0. The highest BCUT2D eigenvalue weighted by molar-refractivity contribution is 6.01. The molecule has 0 saturated heterocycles. The maximum atomic E-state index is 12.1. The van der Waals surface area contributed by atoms with Gasteiger partial charge in [0.2, 0.25) is 5.91 Å². The molecule has 3 N–H and O–H groups in total. The summed E-state index contributed by atoms with van der Waals surface area (Å²) < 4.78 is 5.05. The van der Waals surface area contributed by atoms with Crippen molar-refractivity contribution in [2.24, 2.45) is 5.73 Å². The van der Waals surface area contributed by atoms with Crippen molar-refractivity contribution in [3.05, 3.63) is 52.7 Å². The van der Waals surface area contributed by atoms with Crippen LogP contribution < -0.4 is 11.1 Å². The average Bonchev–Trinajstić information content (AvgIpc) is 2.81. The molecule has 1 aromatic heterocycles. The molecule has 0 aliphatic rings. The number of oxazole rings is 1. The summed E-state index contributed by atoms with van der Waals surface area (Å²) in [4.78, 5) is 27.4. The molecule has 6 heteroatoms. The molecule has 0 radical (unpaired) electrons. The van der Waals surface area contributed by atoms with Gasteiger partial charge in [0.05, 0.1) is 12.2 Å². The number of hydrogen-bond acceptors (Lipinski definition) is 4. The molecule has 1 aromatic carbocycles.